The molecule has 0 saturated heterocycles. The highest BCUT2D eigenvalue weighted by Gasteiger charge is 2.31. The molecule has 0 saturated carbocycles. The molecule has 28 heavy (non-hydrogen) atoms. The molecule has 0 aliphatic heterocycles. The summed E-state index contributed by atoms with van der Waals surface area (Å²) in [7, 11) is 1.70. The average Bonchev–Trinajstić information content (AvgIpc) is 3.16. The van der Waals surface area contributed by atoms with Crippen molar-refractivity contribution in [1.29, 1.82) is 0 Å². The van der Waals surface area contributed by atoms with E-state index in [4.69, 9.17) is 9.90 Å². The lowest BCUT2D eigenvalue weighted by Crippen LogP contribution is -2.28. The number of carbonyl (C=O) groups is 2. The monoisotopic (exact) mass is 397 g/mol. The molecule has 150 valence electrons. The van der Waals surface area contributed by atoms with Crippen LogP contribution in [-0.4, -0.2) is 36.6 Å². The number of fused-ring (bicyclic) bond motifs is 1. The number of nitrogens with zero attached hydrogens (tertiary/aromatic N) is 4. The van der Waals surface area contributed by atoms with Crippen molar-refractivity contribution in [1.82, 2.24) is 24.4 Å². The number of aryl methyl sites for hydroxylation is 2. The van der Waals surface area contributed by atoms with Crippen molar-refractivity contribution in [2.75, 3.05) is 0 Å². The Morgan fingerprint density at radius 3 is 2.61 bits per heavy atom. The molecule has 0 aliphatic rings. The summed E-state index contributed by atoms with van der Waals surface area (Å²) >= 11 is 0. The van der Waals surface area contributed by atoms with Crippen LogP contribution in [0.2, 0.25) is 0 Å². The van der Waals surface area contributed by atoms with E-state index < -0.39 is 11.7 Å². The number of rotatable bonds is 4. The summed E-state index contributed by atoms with van der Waals surface area (Å²) in [6, 6.07) is 3.41. The van der Waals surface area contributed by atoms with E-state index in [9.17, 15) is 18.0 Å². The maximum Gasteiger partial charge on any atom is 0.416 e. The van der Waals surface area contributed by atoms with Gasteiger partial charge in [0.2, 0.25) is 5.91 Å². The Kier molecular flexibility index (Phi) is 6.39. The molecule has 0 fully saturated rings. The van der Waals surface area contributed by atoms with Gasteiger partial charge in [-0.25, -0.2) is 9.97 Å². The molecule has 3 aromatic rings. The molecule has 0 radical (unpaired) electrons. The number of hydrogen-bond acceptors (Lipinski definition) is 4. The Bertz CT molecular complexity index is 978. The standard InChI is InChI=1S/C16H16F3N5O.CH2O2/c1-10-20-5-6-24(10)9-15(25)21-8-14-22-12-7-11(16(17,18)19)3-4-13(12)23(14)2;2-1-3/h3-7H,8-9H2,1-2H3,(H,21,25);1H,(H,2,3). The lowest BCUT2D eigenvalue weighted by atomic mass is 10.2. The number of nitrogens with one attached hydrogen (secondary N) is 1. The largest absolute Gasteiger partial charge is 0.483 e. The number of carbonyl (C=O) groups excluding carboxylic acids is 1. The van der Waals surface area contributed by atoms with Gasteiger partial charge in [0, 0.05) is 19.4 Å². The van der Waals surface area contributed by atoms with E-state index in [2.05, 4.69) is 15.3 Å². The number of imidazole rings is 2. The minimum atomic E-state index is -4.41. The highest BCUT2D eigenvalue weighted by Crippen LogP contribution is 2.31. The summed E-state index contributed by atoms with van der Waals surface area (Å²) in [5.74, 6) is 0.965. The molecule has 0 unspecified atom stereocenters. The fourth-order valence-electron chi connectivity index (χ4n) is 2.54. The summed E-state index contributed by atoms with van der Waals surface area (Å²) in [6.07, 6.45) is -1.11. The van der Waals surface area contributed by atoms with Gasteiger partial charge in [-0.05, 0) is 25.1 Å². The quantitative estimate of drug-likeness (QED) is 0.657. The summed E-state index contributed by atoms with van der Waals surface area (Å²) in [5, 5.41) is 9.61. The van der Waals surface area contributed by atoms with Gasteiger partial charge in [0.25, 0.3) is 6.47 Å². The van der Waals surface area contributed by atoms with E-state index in [0.29, 0.717) is 11.3 Å². The smallest absolute Gasteiger partial charge is 0.416 e. The maximum atomic E-state index is 12.8. The van der Waals surface area contributed by atoms with E-state index in [-0.39, 0.29) is 31.0 Å². The summed E-state index contributed by atoms with van der Waals surface area (Å²) in [4.78, 5) is 28.6. The Morgan fingerprint density at radius 2 is 2.04 bits per heavy atom. The van der Waals surface area contributed by atoms with Gasteiger partial charge in [-0.1, -0.05) is 0 Å². The molecule has 1 aromatic carbocycles. The van der Waals surface area contributed by atoms with Gasteiger partial charge in [0.05, 0.1) is 23.1 Å². The van der Waals surface area contributed by atoms with Crippen LogP contribution in [0.3, 0.4) is 0 Å². The number of hydrogen-bond donors (Lipinski definition) is 2. The topological polar surface area (TPSA) is 102 Å². The molecule has 11 heteroatoms. The number of benzene rings is 1. The highest BCUT2D eigenvalue weighted by molar-refractivity contribution is 5.78. The first kappa shape index (κ1) is 20.9. The van der Waals surface area contributed by atoms with Crippen LogP contribution < -0.4 is 5.32 Å². The maximum absolute atomic E-state index is 12.8. The Morgan fingerprint density at radius 1 is 1.36 bits per heavy atom. The molecule has 2 aromatic heterocycles. The highest BCUT2D eigenvalue weighted by atomic mass is 19.4. The fraction of sp³-hybridized carbons (Fsp3) is 0.294. The molecule has 2 N–H and O–H groups in total. The minimum absolute atomic E-state index is 0.119. The van der Waals surface area contributed by atoms with Crippen LogP contribution in [0.4, 0.5) is 13.2 Å². The molecule has 0 bridgehead atoms. The molecule has 3 rings (SSSR count). The third-order valence-corrected chi connectivity index (χ3v) is 3.98. The number of amides is 1. The van der Waals surface area contributed by atoms with Crippen LogP contribution in [0.1, 0.15) is 17.2 Å². The van der Waals surface area contributed by atoms with Gasteiger partial charge < -0.3 is 19.6 Å². The van der Waals surface area contributed by atoms with Crippen LogP contribution in [0.25, 0.3) is 11.0 Å². The second kappa shape index (κ2) is 8.55. The van der Waals surface area contributed by atoms with Crippen molar-refractivity contribution in [3.8, 4) is 0 Å². The lowest BCUT2D eigenvalue weighted by Gasteiger charge is -2.07. The van der Waals surface area contributed by atoms with Crippen LogP contribution in [-0.2, 0) is 35.9 Å². The Hall–Kier alpha value is -3.37. The van der Waals surface area contributed by atoms with Crippen LogP contribution in [0, 0.1) is 6.92 Å². The Labute approximate surface area is 157 Å². The van der Waals surface area contributed by atoms with E-state index in [0.717, 1.165) is 18.0 Å². The lowest BCUT2D eigenvalue weighted by molar-refractivity contribution is -0.137. The van der Waals surface area contributed by atoms with Crippen LogP contribution in [0.5, 0.6) is 0 Å². The SMILES string of the molecule is Cc1nccn1CC(=O)NCc1nc2cc(C(F)(F)F)ccc2n1C.O=CO. The van der Waals surface area contributed by atoms with Crippen molar-refractivity contribution in [2.24, 2.45) is 7.05 Å². The molecular formula is C17H18F3N5O3. The predicted molar refractivity (Wildman–Crippen MR) is 93.2 cm³/mol. The zero-order valence-electron chi connectivity index (χ0n) is 15.1. The number of carboxylic acid groups (broad SMARTS) is 1. The first-order chi connectivity index (χ1) is 13.2. The molecule has 0 atom stereocenters. The molecule has 1 amide bonds. The summed E-state index contributed by atoms with van der Waals surface area (Å²) in [6.45, 7) is 1.78. The van der Waals surface area contributed by atoms with Gasteiger partial charge >= 0.3 is 6.18 Å². The van der Waals surface area contributed by atoms with Crippen molar-refractivity contribution in [3.05, 3.63) is 47.8 Å². The molecule has 2 heterocycles. The average molecular weight is 397 g/mol. The normalized spacial score (nSPS) is 11.0. The third-order valence-electron chi connectivity index (χ3n) is 3.98. The van der Waals surface area contributed by atoms with Gasteiger partial charge in [-0.2, -0.15) is 13.2 Å². The van der Waals surface area contributed by atoms with Crippen molar-refractivity contribution in [3.63, 3.8) is 0 Å². The number of alkyl halides is 3. The van der Waals surface area contributed by atoms with Crippen molar-refractivity contribution in [2.45, 2.75) is 26.2 Å². The van der Waals surface area contributed by atoms with Gasteiger partial charge in [-0.3, -0.25) is 9.59 Å². The second-order valence-corrected chi connectivity index (χ2v) is 5.77. The predicted octanol–water partition coefficient (Wildman–Crippen LogP) is 2.11. The molecule has 0 spiro atoms. The minimum Gasteiger partial charge on any atom is -0.483 e. The van der Waals surface area contributed by atoms with Crippen molar-refractivity contribution < 1.29 is 27.9 Å². The van der Waals surface area contributed by atoms with Crippen LogP contribution in [0.15, 0.2) is 30.6 Å². The van der Waals surface area contributed by atoms with E-state index in [1.54, 1.807) is 35.5 Å². The second-order valence-electron chi connectivity index (χ2n) is 5.77. The first-order valence-corrected chi connectivity index (χ1v) is 8.02. The van der Waals surface area contributed by atoms with Gasteiger partial charge in [0.1, 0.15) is 18.2 Å². The van der Waals surface area contributed by atoms with E-state index >= 15 is 0 Å². The fourth-order valence-corrected chi connectivity index (χ4v) is 2.54. The third kappa shape index (κ3) is 4.87. The first-order valence-electron chi connectivity index (χ1n) is 8.02. The van der Waals surface area contributed by atoms with Gasteiger partial charge in [-0.15, -0.1) is 0 Å². The van der Waals surface area contributed by atoms with Gasteiger partial charge in [0.15, 0.2) is 0 Å². The molecule has 0 aliphatic carbocycles. The summed E-state index contributed by atoms with van der Waals surface area (Å²) in [5.41, 5.74) is 0.0685. The zero-order chi connectivity index (χ0) is 20.9. The number of aromatic nitrogens is 4. The Balaban J connectivity index is 0.000000878. The van der Waals surface area contributed by atoms with Crippen LogP contribution >= 0.6 is 0 Å². The van der Waals surface area contributed by atoms with E-state index in [1.807, 2.05) is 0 Å². The number of halogens is 3. The molecular weight excluding hydrogens is 379 g/mol. The summed E-state index contributed by atoms with van der Waals surface area (Å²) < 4.78 is 41.7. The van der Waals surface area contributed by atoms with Crippen molar-refractivity contribution >= 4 is 23.4 Å². The zero-order valence-corrected chi connectivity index (χ0v) is 15.1. The molecule has 8 nitrogen and oxygen atoms in total. The van der Waals surface area contributed by atoms with E-state index in [1.165, 1.54) is 6.07 Å².